The Bertz CT molecular complexity index is 260. The van der Waals surface area contributed by atoms with E-state index in [1.54, 1.807) is 0 Å². The predicted molar refractivity (Wildman–Crippen MR) is 67.3 cm³/mol. The first-order valence-corrected chi connectivity index (χ1v) is 5.84. The predicted octanol–water partition coefficient (Wildman–Crippen LogP) is 3.78. The van der Waals surface area contributed by atoms with Crippen LogP contribution in [-0.4, -0.2) is 0 Å². The van der Waals surface area contributed by atoms with Gasteiger partial charge in [0.15, 0.2) is 0 Å². The minimum atomic E-state index is 0. The summed E-state index contributed by atoms with van der Waals surface area (Å²) in [4.78, 5) is 2.78. The lowest BCUT2D eigenvalue weighted by Crippen LogP contribution is -2.16. The Morgan fingerprint density at radius 2 is 2.00 bits per heavy atom. The van der Waals surface area contributed by atoms with Crippen molar-refractivity contribution in [1.29, 1.82) is 0 Å². The average molecular weight is 234 g/mol. The molecule has 82 valence electrons. The van der Waals surface area contributed by atoms with Gasteiger partial charge in [0.05, 0.1) is 0 Å². The van der Waals surface area contributed by atoms with Gasteiger partial charge < -0.3 is 5.73 Å². The molecule has 2 atom stereocenters. The molecule has 1 unspecified atom stereocenters. The molecule has 3 heteroatoms. The van der Waals surface area contributed by atoms with Crippen LogP contribution in [0.4, 0.5) is 0 Å². The molecule has 0 fully saturated rings. The summed E-state index contributed by atoms with van der Waals surface area (Å²) in [6.07, 6.45) is 2.28. The van der Waals surface area contributed by atoms with Crippen molar-refractivity contribution in [1.82, 2.24) is 0 Å². The van der Waals surface area contributed by atoms with Crippen LogP contribution in [-0.2, 0) is 6.42 Å². The fourth-order valence-electron chi connectivity index (χ4n) is 1.30. The van der Waals surface area contributed by atoms with Crippen LogP contribution in [0.2, 0.25) is 0 Å². The molecule has 0 saturated carbocycles. The molecule has 0 aliphatic heterocycles. The zero-order valence-corrected chi connectivity index (χ0v) is 10.8. The largest absolute Gasteiger partial charge is 0.323 e. The highest BCUT2D eigenvalue weighted by molar-refractivity contribution is 7.12. The maximum absolute atomic E-state index is 6.13. The summed E-state index contributed by atoms with van der Waals surface area (Å²) in [6, 6.07) is 4.61. The summed E-state index contributed by atoms with van der Waals surface area (Å²) in [6.45, 7) is 6.60. The van der Waals surface area contributed by atoms with E-state index < -0.39 is 0 Å². The minimum absolute atomic E-state index is 0. The van der Waals surface area contributed by atoms with Gasteiger partial charge in [-0.2, -0.15) is 0 Å². The highest BCUT2D eigenvalue weighted by Gasteiger charge is 2.14. The molecule has 1 nitrogen and oxygen atoms in total. The van der Waals surface area contributed by atoms with E-state index in [-0.39, 0.29) is 18.4 Å². The van der Waals surface area contributed by atoms with E-state index >= 15 is 0 Å². The number of halogens is 1. The number of nitrogens with two attached hydrogens (primary N) is 1. The van der Waals surface area contributed by atoms with Gasteiger partial charge in [0.2, 0.25) is 0 Å². The summed E-state index contributed by atoms with van der Waals surface area (Å²) in [5.41, 5.74) is 6.13. The quantitative estimate of drug-likeness (QED) is 0.842. The molecule has 0 amide bonds. The van der Waals surface area contributed by atoms with E-state index in [1.807, 2.05) is 11.3 Å². The van der Waals surface area contributed by atoms with Gasteiger partial charge in [0, 0.05) is 15.8 Å². The molecule has 0 bridgehead atoms. The van der Waals surface area contributed by atoms with Crippen LogP contribution in [0.1, 0.15) is 43.0 Å². The molecule has 14 heavy (non-hydrogen) atoms. The van der Waals surface area contributed by atoms with E-state index in [9.17, 15) is 0 Å². The third-order valence-electron chi connectivity index (χ3n) is 2.62. The minimum Gasteiger partial charge on any atom is -0.323 e. The molecule has 0 saturated heterocycles. The van der Waals surface area contributed by atoms with Crippen molar-refractivity contribution in [2.45, 2.75) is 39.7 Å². The van der Waals surface area contributed by atoms with E-state index in [4.69, 9.17) is 5.73 Å². The van der Waals surface area contributed by atoms with E-state index in [0.717, 1.165) is 12.8 Å². The van der Waals surface area contributed by atoms with Crippen molar-refractivity contribution in [3.63, 3.8) is 0 Å². The van der Waals surface area contributed by atoms with Crippen molar-refractivity contribution in [3.05, 3.63) is 21.9 Å². The molecule has 0 aliphatic rings. The average Bonchev–Trinajstić information content (AvgIpc) is 2.63. The Labute approximate surface area is 97.1 Å². The van der Waals surface area contributed by atoms with Crippen LogP contribution in [0.5, 0.6) is 0 Å². The normalized spacial score (nSPS) is 14.6. The van der Waals surface area contributed by atoms with Crippen LogP contribution in [0.15, 0.2) is 12.1 Å². The fourth-order valence-corrected chi connectivity index (χ4v) is 2.39. The van der Waals surface area contributed by atoms with Gasteiger partial charge in [-0.15, -0.1) is 23.7 Å². The number of hydrogen-bond donors (Lipinski definition) is 1. The Hall–Kier alpha value is -0.0500. The van der Waals surface area contributed by atoms with Crippen molar-refractivity contribution in [2.75, 3.05) is 0 Å². The smallest absolute Gasteiger partial charge is 0.0415 e. The maximum Gasteiger partial charge on any atom is 0.0415 e. The second-order valence-electron chi connectivity index (χ2n) is 3.57. The highest BCUT2D eigenvalue weighted by Crippen LogP contribution is 2.28. The van der Waals surface area contributed by atoms with Gasteiger partial charge >= 0.3 is 0 Å². The van der Waals surface area contributed by atoms with Gasteiger partial charge in [-0.05, 0) is 24.5 Å². The van der Waals surface area contributed by atoms with Crippen molar-refractivity contribution in [3.8, 4) is 0 Å². The van der Waals surface area contributed by atoms with Crippen LogP contribution in [0.3, 0.4) is 0 Å². The van der Waals surface area contributed by atoms with Crippen LogP contribution in [0.25, 0.3) is 0 Å². The lowest BCUT2D eigenvalue weighted by molar-refractivity contribution is 0.462. The van der Waals surface area contributed by atoms with Gasteiger partial charge in [0.1, 0.15) is 0 Å². The molecule has 0 radical (unpaired) electrons. The first-order chi connectivity index (χ1) is 6.19. The van der Waals surface area contributed by atoms with E-state index in [1.165, 1.54) is 9.75 Å². The maximum atomic E-state index is 6.13. The molecular formula is C11H20ClNS. The molecule has 1 rings (SSSR count). The number of rotatable bonds is 4. The molecular weight excluding hydrogens is 214 g/mol. The van der Waals surface area contributed by atoms with Crippen LogP contribution < -0.4 is 5.73 Å². The summed E-state index contributed by atoms with van der Waals surface area (Å²) >= 11 is 1.86. The zero-order chi connectivity index (χ0) is 9.84. The Morgan fingerprint density at radius 1 is 1.36 bits per heavy atom. The standard InChI is InChI=1S/C11H19NS.ClH/c1-4-8(3)11(12)10-7-6-9(5-2)13-10;/h6-8,11H,4-5,12H2,1-3H3;1H/t8?,11-;/m0./s1. The number of thiophene rings is 1. The topological polar surface area (TPSA) is 26.0 Å². The summed E-state index contributed by atoms with van der Waals surface area (Å²) in [5.74, 6) is 0.586. The molecule has 2 N–H and O–H groups in total. The summed E-state index contributed by atoms with van der Waals surface area (Å²) in [5, 5.41) is 0. The first kappa shape index (κ1) is 13.9. The van der Waals surface area contributed by atoms with Crippen LogP contribution >= 0.6 is 23.7 Å². The highest BCUT2D eigenvalue weighted by atomic mass is 35.5. The lowest BCUT2D eigenvalue weighted by atomic mass is 9.99. The molecule has 1 aromatic heterocycles. The van der Waals surface area contributed by atoms with Crippen LogP contribution in [0, 0.1) is 5.92 Å². The van der Waals surface area contributed by atoms with Crippen molar-refractivity contribution in [2.24, 2.45) is 11.7 Å². The molecule has 0 aromatic carbocycles. The Kier molecular flexibility index (Phi) is 6.41. The summed E-state index contributed by atoms with van der Waals surface area (Å²) < 4.78 is 0. The van der Waals surface area contributed by atoms with Gasteiger partial charge in [-0.3, -0.25) is 0 Å². The molecule has 1 heterocycles. The lowest BCUT2D eigenvalue weighted by Gasteiger charge is -2.16. The molecule has 1 aromatic rings. The first-order valence-electron chi connectivity index (χ1n) is 5.03. The third-order valence-corrected chi connectivity index (χ3v) is 3.95. The van der Waals surface area contributed by atoms with Crippen molar-refractivity contribution >= 4 is 23.7 Å². The fraction of sp³-hybridized carbons (Fsp3) is 0.636. The molecule has 0 aliphatic carbocycles. The molecule has 0 spiro atoms. The van der Waals surface area contributed by atoms with Gasteiger partial charge in [-0.1, -0.05) is 27.2 Å². The second-order valence-corrected chi connectivity index (χ2v) is 4.77. The Morgan fingerprint density at radius 3 is 2.43 bits per heavy atom. The second kappa shape index (κ2) is 6.44. The monoisotopic (exact) mass is 233 g/mol. The summed E-state index contributed by atoms with van der Waals surface area (Å²) in [7, 11) is 0. The van der Waals surface area contributed by atoms with Gasteiger partial charge in [-0.25, -0.2) is 0 Å². The van der Waals surface area contributed by atoms with Gasteiger partial charge in [0.25, 0.3) is 0 Å². The number of hydrogen-bond acceptors (Lipinski definition) is 2. The van der Waals surface area contributed by atoms with E-state index in [0.29, 0.717) is 5.92 Å². The number of aryl methyl sites for hydroxylation is 1. The van der Waals surface area contributed by atoms with Crippen molar-refractivity contribution < 1.29 is 0 Å². The Balaban J connectivity index is 0.00000169. The SMILES string of the molecule is CCc1ccc([C@@H](N)C(C)CC)s1.Cl. The zero-order valence-electron chi connectivity index (χ0n) is 9.12. The van der Waals surface area contributed by atoms with E-state index in [2.05, 4.69) is 32.9 Å². The third kappa shape index (κ3) is 3.26.